The Bertz CT molecular complexity index is 504. The maximum absolute atomic E-state index is 12.5. The van der Waals surface area contributed by atoms with Crippen LogP contribution in [-0.2, 0) is 11.3 Å². The number of hydrogen-bond acceptors (Lipinski definition) is 4. The molecule has 2 aliphatic rings. The van der Waals surface area contributed by atoms with E-state index in [1.165, 1.54) is 5.56 Å². The minimum Gasteiger partial charge on any atom is -0.341 e. The van der Waals surface area contributed by atoms with Crippen LogP contribution in [0.3, 0.4) is 0 Å². The van der Waals surface area contributed by atoms with Gasteiger partial charge >= 0.3 is 0 Å². The standard InChI is InChI=1S/C18H27N3OS/c1-20(18(22)11-16-14-23-10-8-19-16)17-7-9-21(13-17)12-15-5-3-2-4-6-15/h2-6,16-17,19H,7-14H2,1H3. The van der Waals surface area contributed by atoms with Crippen LogP contribution >= 0.6 is 11.8 Å². The van der Waals surface area contributed by atoms with Gasteiger partial charge in [0.05, 0.1) is 0 Å². The first-order valence-electron chi connectivity index (χ1n) is 8.55. The van der Waals surface area contributed by atoms with Crippen LogP contribution in [0.5, 0.6) is 0 Å². The quantitative estimate of drug-likeness (QED) is 0.891. The molecule has 23 heavy (non-hydrogen) atoms. The lowest BCUT2D eigenvalue weighted by Gasteiger charge is -2.28. The molecule has 2 atom stereocenters. The first kappa shape index (κ1) is 16.8. The molecule has 0 aromatic heterocycles. The summed E-state index contributed by atoms with van der Waals surface area (Å²) in [5.41, 5.74) is 1.35. The Labute approximate surface area is 143 Å². The van der Waals surface area contributed by atoms with Crippen molar-refractivity contribution < 1.29 is 4.79 Å². The average Bonchev–Trinajstić information content (AvgIpc) is 3.04. The third kappa shape index (κ3) is 4.72. The SMILES string of the molecule is CN(C(=O)CC1CSCCN1)C1CCN(Cc2ccccc2)C1. The van der Waals surface area contributed by atoms with E-state index in [0.717, 1.165) is 44.1 Å². The van der Waals surface area contributed by atoms with Crippen molar-refractivity contribution in [3.05, 3.63) is 35.9 Å². The van der Waals surface area contributed by atoms with Crippen LogP contribution in [0.2, 0.25) is 0 Å². The first-order chi connectivity index (χ1) is 11.2. The highest BCUT2D eigenvalue weighted by Gasteiger charge is 2.29. The second-order valence-corrected chi connectivity index (χ2v) is 7.75. The van der Waals surface area contributed by atoms with Gasteiger partial charge in [0.1, 0.15) is 0 Å². The lowest BCUT2D eigenvalue weighted by atomic mass is 10.1. The van der Waals surface area contributed by atoms with Gasteiger partial charge in [0, 0.05) is 63.2 Å². The molecule has 0 saturated carbocycles. The second-order valence-electron chi connectivity index (χ2n) is 6.60. The smallest absolute Gasteiger partial charge is 0.224 e. The molecule has 3 rings (SSSR count). The van der Waals surface area contributed by atoms with Crippen molar-refractivity contribution in [3.8, 4) is 0 Å². The summed E-state index contributed by atoms with van der Waals surface area (Å²) in [7, 11) is 1.98. The summed E-state index contributed by atoms with van der Waals surface area (Å²) < 4.78 is 0. The van der Waals surface area contributed by atoms with Crippen molar-refractivity contribution in [1.82, 2.24) is 15.1 Å². The fraction of sp³-hybridized carbons (Fsp3) is 0.611. The minimum atomic E-state index is 0.288. The summed E-state index contributed by atoms with van der Waals surface area (Å²) in [5, 5.41) is 3.46. The van der Waals surface area contributed by atoms with Crippen LogP contribution < -0.4 is 5.32 Å². The van der Waals surface area contributed by atoms with Crippen molar-refractivity contribution in [2.45, 2.75) is 31.5 Å². The number of hydrogen-bond donors (Lipinski definition) is 1. The van der Waals surface area contributed by atoms with Gasteiger partial charge in [0.2, 0.25) is 5.91 Å². The minimum absolute atomic E-state index is 0.288. The molecule has 1 amide bonds. The Hall–Kier alpha value is -1.04. The average molecular weight is 334 g/mol. The lowest BCUT2D eigenvalue weighted by molar-refractivity contribution is -0.132. The Morgan fingerprint density at radius 1 is 1.39 bits per heavy atom. The van der Waals surface area contributed by atoms with Gasteiger partial charge in [-0.2, -0.15) is 11.8 Å². The number of nitrogens with zero attached hydrogens (tertiary/aromatic N) is 2. The summed E-state index contributed by atoms with van der Waals surface area (Å²) in [6.45, 7) is 4.08. The second kappa shape index (κ2) is 8.18. The van der Waals surface area contributed by atoms with Gasteiger partial charge < -0.3 is 10.2 Å². The van der Waals surface area contributed by atoms with Gasteiger partial charge in [-0.3, -0.25) is 9.69 Å². The molecule has 5 heteroatoms. The number of likely N-dealkylation sites (N-methyl/N-ethyl adjacent to an activating group) is 1. The van der Waals surface area contributed by atoms with E-state index >= 15 is 0 Å². The molecule has 2 fully saturated rings. The topological polar surface area (TPSA) is 35.6 Å². The van der Waals surface area contributed by atoms with E-state index in [1.54, 1.807) is 0 Å². The Kier molecular flexibility index (Phi) is 5.97. The van der Waals surface area contributed by atoms with Gasteiger partial charge in [0.25, 0.3) is 0 Å². The molecule has 0 radical (unpaired) electrons. The number of amides is 1. The normalized spacial score (nSPS) is 25.4. The van der Waals surface area contributed by atoms with E-state index in [-0.39, 0.29) is 5.91 Å². The molecule has 2 heterocycles. The first-order valence-corrected chi connectivity index (χ1v) is 9.71. The van der Waals surface area contributed by atoms with E-state index in [9.17, 15) is 4.79 Å². The van der Waals surface area contributed by atoms with Crippen molar-refractivity contribution in [1.29, 1.82) is 0 Å². The molecule has 2 aliphatic heterocycles. The monoisotopic (exact) mass is 333 g/mol. The molecule has 126 valence electrons. The summed E-state index contributed by atoms with van der Waals surface area (Å²) in [6, 6.07) is 11.3. The predicted molar refractivity (Wildman–Crippen MR) is 96.6 cm³/mol. The third-order valence-corrected chi connectivity index (χ3v) is 5.99. The molecule has 0 aliphatic carbocycles. The Balaban J connectivity index is 1.46. The highest BCUT2D eigenvalue weighted by molar-refractivity contribution is 7.99. The molecule has 0 spiro atoms. The van der Waals surface area contributed by atoms with Crippen LogP contribution in [-0.4, -0.2) is 66.0 Å². The van der Waals surface area contributed by atoms with E-state index in [1.807, 2.05) is 23.7 Å². The van der Waals surface area contributed by atoms with E-state index in [0.29, 0.717) is 18.5 Å². The van der Waals surface area contributed by atoms with Gasteiger partial charge in [-0.05, 0) is 12.0 Å². The number of carbonyl (C=O) groups excluding carboxylic acids is 1. The molecule has 2 saturated heterocycles. The molecule has 4 nitrogen and oxygen atoms in total. The molecule has 1 aromatic rings. The van der Waals surface area contributed by atoms with Crippen LogP contribution in [0.4, 0.5) is 0 Å². The molecular weight excluding hydrogens is 306 g/mol. The lowest BCUT2D eigenvalue weighted by Crippen LogP contribution is -2.45. The van der Waals surface area contributed by atoms with Crippen molar-refractivity contribution in [3.63, 3.8) is 0 Å². The summed E-state index contributed by atoms with van der Waals surface area (Å²) in [5.74, 6) is 2.51. The van der Waals surface area contributed by atoms with E-state index in [4.69, 9.17) is 0 Å². The van der Waals surface area contributed by atoms with E-state index < -0.39 is 0 Å². The molecule has 0 bridgehead atoms. The zero-order valence-corrected chi connectivity index (χ0v) is 14.7. The highest BCUT2D eigenvalue weighted by Crippen LogP contribution is 2.19. The predicted octanol–water partition coefficient (Wildman–Crippen LogP) is 1.81. The van der Waals surface area contributed by atoms with Crippen LogP contribution in [0.25, 0.3) is 0 Å². The number of nitrogens with one attached hydrogen (secondary N) is 1. The third-order valence-electron chi connectivity index (χ3n) is 4.86. The Morgan fingerprint density at radius 2 is 2.22 bits per heavy atom. The van der Waals surface area contributed by atoms with Crippen molar-refractivity contribution >= 4 is 17.7 Å². The molecular formula is C18H27N3OS. The van der Waals surface area contributed by atoms with Gasteiger partial charge in [-0.15, -0.1) is 0 Å². The van der Waals surface area contributed by atoms with Crippen molar-refractivity contribution in [2.24, 2.45) is 0 Å². The Morgan fingerprint density at radius 3 is 2.96 bits per heavy atom. The number of carbonyl (C=O) groups is 1. The molecule has 1 N–H and O–H groups in total. The summed E-state index contributed by atoms with van der Waals surface area (Å²) in [6.07, 6.45) is 1.72. The number of benzene rings is 1. The highest BCUT2D eigenvalue weighted by atomic mass is 32.2. The van der Waals surface area contributed by atoms with Crippen LogP contribution in [0.1, 0.15) is 18.4 Å². The van der Waals surface area contributed by atoms with Crippen LogP contribution in [0.15, 0.2) is 30.3 Å². The summed E-state index contributed by atoms with van der Waals surface area (Å²) >= 11 is 1.95. The van der Waals surface area contributed by atoms with E-state index in [2.05, 4.69) is 40.5 Å². The van der Waals surface area contributed by atoms with Gasteiger partial charge in [-0.25, -0.2) is 0 Å². The largest absolute Gasteiger partial charge is 0.341 e. The van der Waals surface area contributed by atoms with Gasteiger partial charge in [-0.1, -0.05) is 30.3 Å². The van der Waals surface area contributed by atoms with Gasteiger partial charge in [0.15, 0.2) is 0 Å². The molecule has 1 aromatic carbocycles. The zero-order chi connectivity index (χ0) is 16.1. The number of rotatable bonds is 5. The summed E-state index contributed by atoms with van der Waals surface area (Å²) in [4.78, 5) is 17.0. The maximum Gasteiger partial charge on any atom is 0.224 e. The zero-order valence-electron chi connectivity index (χ0n) is 13.9. The molecule has 2 unspecified atom stereocenters. The maximum atomic E-state index is 12.5. The number of likely N-dealkylation sites (tertiary alicyclic amines) is 1. The fourth-order valence-corrected chi connectivity index (χ4v) is 4.37. The number of thioether (sulfide) groups is 1. The fourth-order valence-electron chi connectivity index (χ4n) is 3.42. The van der Waals surface area contributed by atoms with Crippen LogP contribution in [0, 0.1) is 0 Å². The van der Waals surface area contributed by atoms with Crippen molar-refractivity contribution in [2.75, 3.05) is 38.2 Å².